The van der Waals surface area contributed by atoms with Crippen LogP contribution in [0.4, 0.5) is 0 Å². The molecule has 4 bridgehead atoms. The van der Waals surface area contributed by atoms with Gasteiger partial charge in [-0.1, -0.05) is 83.0 Å². The van der Waals surface area contributed by atoms with Gasteiger partial charge in [0.2, 0.25) is 0 Å². The summed E-state index contributed by atoms with van der Waals surface area (Å²) in [6.45, 7) is 9.70. The summed E-state index contributed by atoms with van der Waals surface area (Å²) in [7, 11) is 0. The Hall–Kier alpha value is -3.84. The maximum atomic E-state index is 9.45. The number of rotatable bonds is 7. The van der Waals surface area contributed by atoms with Crippen LogP contribution in [0, 0.1) is 46.8 Å². The summed E-state index contributed by atoms with van der Waals surface area (Å²) in [6.07, 6.45) is 16.0. The van der Waals surface area contributed by atoms with Crippen LogP contribution >= 0.6 is 0 Å². The molecule has 8 atom stereocenters. The van der Waals surface area contributed by atoms with Crippen molar-refractivity contribution in [2.24, 2.45) is 35.5 Å². The van der Waals surface area contributed by atoms with E-state index in [2.05, 4.69) is 82.3 Å². The molecule has 4 fully saturated rings. The van der Waals surface area contributed by atoms with E-state index < -0.39 is 0 Å². The highest BCUT2D eigenvalue weighted by Crippen LogP contribution is 2.56. The van der Waals surface area contributed by atoms with Crippen molar-refractivity contribution in [3.05, 3.63) is 89.5 Å². The van der Waals surface area contributed by atoms with Crippen LogP contribution in [0.25, 0.3) is 34.2 Å². The van der Waals surface area contributed by atoms with Crippen molar-refractivity contribution in [1.82, 2.24) is 15.0 Å². The van der Waals surface area contributed by atoms with Gasteiger partial charge in [0.1, 0.15) is 0 Å². The highest BCUT2D eigenvalue weighted by molar-refractivity contribution is 5.67. The minimum absolute atomic E-state index is 0.242. The van der Waals surface area contributed by atoms with Crippen LogP contribution in [0.15, 0.2) is 72.8 Å². The van der Waals surface area contributed by atoms with Crippen molar-refractivity contribution in [3.8, 4) is 40.2 Å². The second-order valence-electron chi connectivity index (χ2n) is 17.4. The van der Waals surface area contributed by atoms with Crippen LogP contribution in [0.3, 0.4) is 0 Å². The summed E-state index contributed by atoms with van der Waals surface area (Å²) < 4.78 is 0. The third-order valence-corrected chi connectivity index (χ3v) is 13.6. The van der Waals surface area contributed by atoms with Gasteiger partial charge in [-0.15, -0.1) is 0 Å². The Bertz CT molecular complexity index is 1830. The van der Waals surface area contributed by atoms with Gasteiger partial charge in [0, 0.05) is 16.7 Å². The molecule has 0 aliphatic heterocycles. The highest BCUT2D eigenvalue weighted by Gasteiger charge is 2.47. The summed E-state index contributed by atoms with van der Waals surface area (Å²) in [6, 6.07) is 28.4. The number of benzene rings is 3. The van der Waals surface area contributed by atoms with Crippen molar-refractivity contribution in [1.29, 1.82) is 5.26 Å². The second-order valence-corrected chi connectivity index (χ2v) is 17.4. The van der Waals surface area contributed by atoms with Crippen LogP contribution < -0.4 is 0 Å². The third kappa shape index (κ3) is 6.31. The molecule has 4 nitrogen and oxygen atoms in total. The molecule has 1 aromatic heterocycles. The lowest BCUT2D eigenvalue weighted by molar-refractivity contribution is 0.0629. The quantitative estimate of drug-likeness (QED) is 0.198. The molecule has 1 heterocycles. The number of hydrogen-bond acceptors (Lipinski definition) is 4. The Labute approximate surface area is 300 Å². The fourth-order valence-corrected chi connectivity index (χ4v) is 11.7. The first-order chi connectivity index (χ1) is 24.3. The molecule has 50 heavy (non-hydrogen) atoms. The molecule has 0 radical (unpaired) electrons. The summed E-state index contributed by atoms with van der Waals surface area (Å²) in [5.74, 6) is 6.96. The summed E-state index contributed by atoms with van der Waals surface area (Å²) in [5, 5.41) is 9.45. The maximum Gasteiger partial charge on any atom is 0.164 e. The first-order valence-electron chi connectivity index (χ1n) is 19.8. The van der Waals surface area contributed by atoms with Gasteiger partial charge in [0.05, 0.1) is 11.6 Å². The maximum absolute atomic E-state index is 9.45. The van der Waals surface area contributed by atoms with Gasteiger partial charge in [-0.25, -0.2) is 15.0 Å². The zero-order chi connectivity index (χ0) is 34.5. The van der Waals surface area contributed by atoms with Crippen LogP contribution in [0.2, 0.25) is 0 Å². The molecule has 0 spiro atoms. The van der Waals surface area contributed by atoms with Gasteiger partial charge < -0.3 is 0 Å². The Balaban J connectivity index is 1.19. The monoisotopic (exact) mass is 662 g/mol. The van der Waals surface area contributed by atoms with E-state index in [9.17, 15) is 5.26 Å². The molecule has 0 saturated heterocycles. The highest BCUT2D eigenvalue weighted by atomic mass is 15.0. The summed E-state index contributed by atoms with van der Waals surface area (Å²) in [5.41, 5.74) is 7.13. The fourth-order valence-electron chi connectivity index (χ4n) is 11.7. The van der Waals surface area contributed by atoms with Gasteiger partial charge in [0.15, 0.2) is 17.5 Å². The lowest BCUT2D eigenvalue weighted by Crippen LogP contribution is -2.43. The van der Waals surface area contributed by atoms with E-state index in [1.165, 1.54) is 88.2 Å². The average Bonchev–Trinajstić information content (AvgIpc) is 3.13. The predicted octanol–water partition coefficient (Wildman–Crippen LogP) is 11.7. The lowest BCUT2D eigenvalue weighted by atomic mass is 9.53. The Morgan fingerprint density at radius 1 is 0.580 bits per heavy atom. The van der Waals surface area contributed by atoms with Crippen molar-refractivity contribution in [3.63, 3.8) is 0 Å². The topological polar surface area (TPSA) is 62.5 Å². The minimum atomic E-state index is 0.242. The van der Waals surface area contributed by atoms with Gasteiger partial charge >= 0.3 is 0 Å². The van der Waals surface area contributed by atoms with E-state index in [0.29, 0.717) is 22.6 Å². The van der Waals surface area contributed by atoms with Crippen LogP contribution in [-0.2, 0) is 10.8 Å². The molecule has 4 aliphatic carbocycles. The number of nitrogens with zero attached hydrogens (tertiary/aromatic N) is 4. The Kier molecular flexibility index (Phi) is 8.91. The molecule has 4 aliphatic rings. The van der Waals surface area contributed by atoms with Gasteiger partial charge in [0.25, 0.3) is 0 Å². The number of nitriles is 1. The smallest absolute Gasteiger partial charge is 0.164 e. The van der Waals surface area contributed by atoms with Crippen molar-refractivity contribution >= 4 is 0 Å². The zero-order valence-electron chi connectivity index (χ0n) is 30.7. The predicted molar refractivity (Wildman–Crippen MR) is 203 cm³/mol. The Morgan fingerprint density at radius 3 is 1.62 bits per heavy atom. The number of aromatic nitrogens is 3. The first kappa shape index (κ1) is 33.3. The van der Waals surface area contributed by atoms with Crippen LogP contribution in [0.1, 0.15) is 121 Å². The molecular weight excluding hydrogens is 609 g/mol. The van der Waals surface area contributed by atoms with Crippen LogP contribution in [-0.4, -0.2) is 15.0 Å². The van der Waals surface area contributed by atoms with Crippen molar-refractivity contribution < 1.29 is 0 Å². The number of fused-ring (bicyclic) bond motifs is 4. The molecule has 258 valence electrons. The minimum Gasteiger partial charge on any atom is -0.208 e. The van der Waals surface area contributed by atoms with Gasteiger partial charge in [-0.05, 0) is 152 Å². The molecule has 8 rings (SSSR count). The first-order valence-corrected chi connectivity index (χ1v) is 19.8. The fraction of sp³-hybridized carbons (Fsp3) is 0.522. The van der Waals surface area contributed by atoms with E-state index >= 15 is 0 Å². The van der Waals surface area contributed by atoms with Crippen LogP contribution in [0.5, 0.6) is 0 Å². The van der Waals surface area contributed by atoms with E-state index in [4.69, 9.17) is 15.0 Å². The van der Waals surface area contributed by atoms with Gasteiger partial charge in [-0.2, -0.15) is 5.26 Å². The SMILES string of the molecule is CC[C@@H]1CC2C[C@H](CC)CC(c3cccc(-c4nc(-c5ccc(C#N)cc5)nc(-c5ccc(C67CC(C[C@@H](C)C6)C[C@H](C)C7)cc5)n4)c3)(C2)C1. The van der Waals surface area contributed by atoms with E-state index in [1.54, 1.807) is 0 Å². The normalized spacial score (nSPS) is 31.9. The summed E-state index contributed by atoms with van der Waals surface area (Å²) >= 11 is 0. The average molecular weight is 663 g/mol. The van der Waals surface area contributed by atoms with E-state index in [0.717, 1.165) is 58.0 Å². The molecule has 4 saturated carbocycles. The number of hydrogen-bond donors (Lipinski definition) is 0. The molecule has 4 aromatic rings. The zero-order valence-corrected chi connectivity index (χ0v) is 30.7. The third-order valence-electron chi connectivity index (χ3n) is 13.6. The molecule has 0 N–H and O–H groups in total. The molecule has 3 aromatic carbocycles. The van der Waals surface area contributed by atoms with Crippen molar-refractivity contribution in [2.75, 3.05) is 0 Å². The second kappa shape index (κ2) is 13.4. The molecular formula is C46H54N4. The molecule has 0 amide bonds. The lowest BCUT2D eigenvalue weighted by Gasteiger charge is -2.51. The largest absolute Gasteiger partial charge is 0.208 e. The molecule has 4 unspecified atom stereocenters. The Morgan fingerprint density at radius 2 is 1.08 bits per heavy atom. The van der Waals surface area contributed by atoms with Crippen molar-refractivity contribution in [2.45, 2.75) is 116 Å². The standard InChI is InChI=1S/C46H54N4/c1-5-32-20-36-21-33(6-2)26-46(25-32,28-36)41-9-7-8-39(22-41)44-49-42(37-12-10-34(29-47)11-13-37)48-43(50-44)38-14-16-40(17-15-38)45-23-30(3)18-35(27-45)19-31(4)24-45/h7-17,22,30-33,35-36H,5-6,18-21,23-28H2,1-4H3/t30-,31+,32-,33+,35?,36?,45?,46?. The summed E-state index contributed by atoms with van der Waals surface area (Å²) in [4.78, 5) is 15.4. The van der Waals surface area contributed by atoms with E-state index in [1.807, 2.05) is 24.3 Å². The van der Waals surface area contributed by atoms with E-state index in [-0.39, 0.29) is 5.41 Å². The molecule has 4 heteroatoms. The van der Waals surface area contributed by atoms with Gasteiger partial charge in [-0.3, -0.25) is 0 Å².